The molecule has 0 radical (unpaired) electrons. The molecule has 31 heavy (non-hydrogen) atoms. The number of hydrogen-bond donors (Lipinski definition) is 0. The van der Waals surface area contributed by atoms with Crippen LogP contribution in [0.3, 0.4) is 0 Å². The van der Waals surface area contributed by atoms with Gasteiger partial charge in [-0.3, -0.25) is 4.18 Å². The summed E-state index contributed by atoms with van der Waals surface area (Å²) in [7, 11) is -3.95. The minimum Gasteiger partial charge on any atom is -0.368 e. The summed E-state index contributed by atoms with van der Waals surface area (Å²) in [5.74, 6) is -1.57. The van der Waals surface area contributed by atoms with Crippen LogP contribution in [0.4, 0.5) is 8.78 Å². The van der Waals surface area contributed by atoms with E-state index in [0.717, 1.165) is 23.8 Å². The van der Waals surface area contributed by atoms with Crippen molar-refractivity contribution in [3.05, 3.63) is 77.9 Å². The maximum Gasteiger partial charge on any atom is 0.296 e. The molecule has 0 N–H and O–H groups in total. The minimum absolute atomic E-state index is 0.0480. The van der Waals surface area contributed by atoms with Gasteiger partial charge in [0.1, 0.15) is 29.9 Å². The molecule has 4 rings (SSSR count). The standard InChI is InChI=1S/C21H21F2N3O4S/c1-15-2-5-18(6-3-15)31(27,28)30-11-16-9-21(29-10-16,12-26-14-24-13-25-26)19-8-17(22)4-7-20(19)23/h2-8,13-14,16H,9-12H2,1H3/t16-,21-/m0/s1. The molecule has 1 saturated heterocycles. The summed E-state index contributed by atoms with van der Waals surface area (Å²) in [6.45, 7) is 1.92. The topological polar surface area (TPSA) is 83.3 Å². The van der Waals surface area contributed by atoms with Crippen molar-refractivity contribution in [1.82, 2.24) is 14.8 Å². The first-order valence-electron chi connectivity index (χ1n) is 9.65. The number of nitrogens with zero attached hydrogens (tertiary/aromatic N) is 3. The van der Waals surface area contributed by atoms with E-state index in [2.05, 4.69) is 10.1 Å². The predicted octanol–water partition coefficient (Wildman–Crippen LogP) is 3.20. The third kappa shape index (κ3) is 4.65. The average molecular weight is 449 g/mol. The first kappa shape index (κ1) is 21.5. The zero-order valence-corrected chi connectivity index (χ0v) is 17.6. The fourth-order valence-electron chi connectivity index (χ4n) is 3.73. The molecule has 10 heteroatoms. The number of rotatable bonds is 7. The van der Waals surface area contributed by atoms with Gasteiger partial charge in [-0.25, -0.2) is 18.4 Å². The molecule has 1 fully saturated rings. The average Bonchev–Trinajstić information content (AvgIpc) is 3.39. The Morgan fingerprint density at radius 2 is 2.00 bits per heavy atom. The maximum atomic E-state index is 14.6. The summed E-state index contributed by atoms with van der Waals surface area (Å²) in [5, 5.41) is 4.04. The zero-order chi connectivity index (χ0) is 22.1. The van der Waals surface area contributed by atoms with Gasteiger partial charge in [0.15, 0.2) is 0 Å². The molecule has 1 aliphatic heterocycles. The monoisotopic (exact) mass is 449 g/mol. The van der Waals surface area contributed by atoms with E-state index >= 15 is 0 Å². The highest BCUT2D eigenvalue weighted by atomic mass is 32.2. The van der Waals surface area contributed by atoms with Crippen LogP contribution in [0.25, 0.3) is 0 Å². The lowest BCUT2D eigenvalue weighted by atomic mass is 9.87. The van der Waals surface area contributed by atoms with Crippen molar-refractivity contribution in [1.29, 1.82) is 0 Å². The van der Waals surface area contributed by atoms with Crippen molar-refractivity contribution in [3.8, 4) is 0 Å². The van der Waals surface area contributed by atoms with Gasteiger partial charge >= 0.3 is 0 Å². The fraction of sp³-hybridized carbons (Fsp3) is 0.333. The Morgan fingerprint density at radius 3 is 2.71 bits per heavy atom. The van der Waals surface area contributed by atoms with E-state index in [1.165, 1.54) is 29.5 Å². The fourth-order valence-corrected chi connectivity index (χ4v) is 4.71. The van der Waals surface area contributed by atoms with Crippen LogP contribution in [-0.2, 0) is 31.2 Å². The number of halogens is 2. The Hall–Kier alpha value is -2.69. The number of aryl methyl sites for hydroxylation is 1. The van der Waals surface area contributed by atoms with Gasteiger partial charge in [-0.15, -0.1) is 0 Å². The first-order chi connectivity index (χ1) is 14.8. The molecule has 2 heterocycles. The summed E-state index contributed by atoms with van der Waals surface area (Å²) in [6, 6.07) is 9.50. The SMILES string of the molecule is Cc1ccc(S(=O)(=O)OC[C@@H]2CO[C@@](Cn3cncn3)(c3cc(F)ccc3F)C2)cc1. The normalized spacial score (nSPS) is 21.5. The molecule has 3 aromatic rings. The van der Waals surface area contributed by atoms with E-state index in [0.29, 0.717) is 0 Å². The summed E-state index contributed by atoms with van der Waals surface area (Å²) in [4.78, 5) is 3.94. The van der Waals surface area contributed by atoms with Gasteiger partial charge in [-0.1, -0.05) is 17.7 Å². The van der Waals surface area contributed by atoms with E-state index in [-0.39, 0.29) is 42.6 Å². The largest absolute Gasteiger partial charge is 0.368 e. The van der Waals surface area contributed by atoms with E-state index in [1.54, 1.807) is 12.1 Å². The van der Waals surface area contributed by atoms with Crippen molar-refractivity contribution < 1.29 is 26.1 Å². The lowest BCUT2D eigenvalue weighted by Crippen LogP contribution is -2.33. The lowest BCUT2D eigenvalue weighted by molar-refractivity contribution is -0.0208. The van der Waals surface area contributed by atoms with Gasteiger partial charge in [0.05, 0.1) is 24.7 Å². The number of ether oxygens (including phenoxy) is 1. The second-order valence-corrected chi connectivity index (χ2v) is 9.26. The zero-order valence-electron chi connectivity index (χ0n) is 16.7. The van der Waals surface area contributed by atoms with Crippen LogP contribution < -0.4 is 0 Å². The molecule has 7 nitrogen and oxygen atoms in total. The van der Waals surface area contributed by atoms with Gasteiger partial charge in [-0.05, 0) is 43.7 Å². The smallest absolute Gasteiger partial charge is 0.296 e. The molecule has 0 aliphatic carbocycles. The van der Waals surface area contributed by atoms with Crippen molar-refractivity contribution in [2.24, 2.45) is 5.92 Å². The molecular weight excluding hydrogens is 428 g/mol. The van der Waals surface area contributed by atoms with E-state index in [4.69, 9.17) is 8.92 Å². The molecule has 2 aromatic carbocycles. The van der Waals surface area contributed by atoms with E-state index in [9.17, 15) is 17.2 Å². The molecule has 0 spiro atoms. The Morgan fingerprint density at radius 1 is 1.23 bits per heavy atom. The molecular formula is C21H21F2N3O4S. The second kappa shape index (κ2) is 8.45. The highest BCUT2D eigenvalue weighted by molar-refractivity contribution is 7.86. The highest BCUT2D eigenvalue weighted by Crippen LogP contribution is 2.42. The Labute approximate surface area is 178 Å². The van der Waals surface area contributed by atoms with Gasteiger partial charge < -0.3 is 4.74 Å². The molecule has 1 aromatic heterocycles. The van der Waals surface area contributed by atoms with Crippen LogP contribution in [0, 0.1) is 24.5 Å². The third-order valence-electron chi connectivity index (χ3n) is 5.29. The van der Waals surface area contributed by atoms with Crippen LogP contribution in [0.5, 0.6) is 0 Å². The Kier molecular flexibility index (Phi) is 5.87. The molecule has 1 aliphatic rings. The van der Waals surface area contributed by atoms with Gasteiger partial charge in [0.25, 0.3) is 10.1 Å². The molecule has 2 atom stereocenters. The number of benzene rings is 2. The summed E-state index contributed by atoms with van der Waals surface area (Å²) in [5.41, 5.74) is -0.258. The van der Waals surface area contributed by atoms with Crippen molar-refractivity contribution in [3.63, 3.8) is 0 Å². The third-order valence-corrected chi connectivity index (χ3v) is 6.58. The number of aromatic nitrogens is 3. The van der Waals surface area contributed by atoms with Crippen LogP contribution >= 0.6 is 0 Å². The van der Waals surface area contributed by atoms with Crippen LogP contribution in [0.2, 0.25) is 0 Å². The predicted molar refractivity (Wildman–Crippen MR) is 106 cm³/mol. The van der Waals surface area contributed by atoms with Gasteiger partial charge in [-0.2, -0.15) is 13.5 Å². The van der Waals surface area contributed by atoms with Crippen molar-refractivity contribution >= 4 is 10.1 Å². The van der Waals surface area contributed by atoms with Crippen LogP contribution in [0.1, 0.15) is 17.5 Å². The van der Waals surface area contributed by atoms with E-state index in [1.807, 2.05) is 6.92 Å². The molecule has 0 saturated carbocycles. The first-order valence-corrected chi connectivity index (χ1v) is 11.1. The van der Waals surface area contributed by atoms with Crippen LogP contribution in [0.15, 0.2) is 60.0 Å². The minimum atomic E-state index is -3.95. The highest BCUT2D eigenvalue weighted by Gasteiger charge is 2.45. The van der Waals surface area contributed by atoms with Crippen molar-refractivity contribution in [2.45, 2.75) is 30.4 Å². The van der Waals surface area contributed by atoms with Crippen LogP contribution in [-0.4, -0.2) is 36.4 Å². The Bertz CT molecular complexity index is 1150. The van der Waals surface area contributed by atoms with E-state index < -0.39 is 27.4 Å². The molecule has 0 unspecified atom stereocenters. The lowest BCUT2D eigenvalue weighted by Gasteiger charge is -2.29. The van der Waals surface area contributed by atoms with Gasteiger partial charge in [0, 0.05) is 11.5 Å². The maximum absolute atomic E-state index is 14.6. The van der Waals surface area contributed by atoms with Crippen molar-refractivity contribution in [2.75, 3.05) is 13.2 Å². The quantitative estimate of drug-likeness (QED) is 0.515. The number of hydrogen-bond acceptors (Lipinski definition) is 6. The second-order valence-electron chi connectivity index (χ2n) is 7.64. The summed E-state index contributed by atoms with van der Waals surface area (Å²) < 4.78 is 66.2. The molecule has 0 bridgehead atoms. The Balaban J connectivity index is 1.54. The molecule has 164 valence electrons. The van der Waals surface area contributed by atoms with Gasteiger partial charge in [0.2, 0.25) is 0 Å². The summed E-state index contributed by atoms with van der Waals surface area (Å²) in [6.07, 6.45) is 3.00. The molecule has 0 amide bonds. The summed E-state index contributed by atoms with van der Waals surface area (Å²) >= 11 is 0.